The predicted octanol–water partition coefficient (Wildman–Crippen LogP) is 2.61. The van der Waals surface area contributed by atoms with Crippen LogP contribution in [-0.4, -0.2) is 60.1 Å². The number of nitrogens with zero attached hydrogens (tertiary/aromatic N) is 3. The molecule has 26 heavy (non-hydrogen) atoms. The molecule has 3 heterocycles. The lowest BCUT2D eigenvalue weighted by molar-refractivity contribution is -0.141. The number of carbonyl (C=O) groups excluding carboxylic acids is 1. The predicted molar refractivity (Wildman–Crippen MR) is 102 cm³/mol. The minimum atomic E-state index is 0.121. The summed E-state index contributed by atoms with van der Waals surface area (Å²) in [7, 11) is 0. The molecule has 1 unspecified atom stereocenters. The summed E-state index contributed by atoms with van der Waals surface area (Å²) in [5.74, 6) is 0.435. The van der Waals surface area contributed by atoms with E-state index < -0.39 is 0 Å². The molecule has 0 N–H and O–H groups in total. The number of amides is 1. The van der Waals surface area contributed by atoms with Crippen molar-refractivity contribution in [2.24, 2.45) is 5.92 Å². The molecule has 5 nitrogen and oxygen atoms in total. The highest BCUT2D eigenvalue weighted by Gasteiger charge is 2.30. The Morgan fingerprint density at radius 3 is 2.88 bits per heavy atom. The summed E-state index contributed by atoms with van der Waals surface area (Å²) in [5.41, 5.74) is 3.42. The number of piperidine rings is 1. The smallest absolute Gasteiger partial charge is 0.227 e. The second kappa shape index (κ2) is 7.72. The fourth-order valence-corrected chi connectivity index (χ4v) is 4.21. The van der Waals surface area contributed by atoms with Crippen LogP contribution in [0.5, 0.6) is 0 Å². The first-order chi connectivity index (χ1) is 12.7. The third kappa shape index (κ3) is 3.74. The maximum atomic E-state index is 12.9. The summed E-state index contributed by atoms with van der Waals surface area (Å²) in [6.45, 7) is 7.67. The fraction of sp³-hybridized carbons (Fsp3) is 0.524. The molecule has 2 fully saturated rings. The Bertz CT molecular complexity index is 786. The number of carbonyl (C=O) groups is 1. The van der Waals surface area contributed by atoms with Crippen LogP contribution in [0.3, 0.4) is 0 Å². The first kappa shape index (κ1) is 17.4. The Morgan fingerprint density at radius 2 is 2.04 bits per heavy atom. The van der Waals surface area contributed by atoms with E-state index in [0.717, 1.165) is 56.8 Å². The number of aryl methyl sites for hydroxylation is 1. The average Bonchev–Trinajstić information content (AvgIpc) is 2.68. The zero-order valence-electron chi connectivity index (χ0n) is 15.5. The molecule has 1 amide bonds. The third-order valence-electron chi connectivity index (χ3n) is 5.50. The number of benzene rings is 1. The molecule has 2 aromatic rings. The number of hydrogen-bond acceptors (Lipinski definition) is 4. The second-order valence-electron chi connectivity index (χ2n) is 7.45. The summed E-state index contributed by atoms with van der Waals surface area (Å²) in [5, 5.41) is 1.22. The monoisotopic (exact) mass is 353 g/mol. The van der Waals surface area contributed by atoms with Crippen molar-refractivity contribution in [3.05, 3.63) is 41.6 Å². The van der Waals surface area contributed by atoms with E-state index in [0.29, 0.717) is 19.1 Å². The average molecular weight is 353 g/mol. The molecule has 5 heteroatoms. The summed E-state index contributed by atoms with van der Waals surface area (Å²) in [6, 6.07) is 10.5. The van der Waals surface area contributed by atoms with Crippen molar-refractivity contribution in [2.75, 3.05) is 39.4 Å². The van der Waals surface area contributed by atoms with E-state index in [9.17, 15) is 4.79 Å². The van der Waals surface area contributed by atoms with Crippen molar-refractivity contribution in [3.63, 3.8) is 0 Å². The van der Waals surface area contributed by atoms with Crippen molar-refractivity contribution in [1.82, 2.24) is 14.8 Å². The standard InChI is InChI=1S/C21H27N3O2/c1-16-13-18(19-6-2-3-7-20(19)22-16)15-23-8-4-5-17(14-23)21(25)24-9-11-26-12-10-24/h2-3,6-7,13,17H,4-5,8-12,14-15H2,1H3. The molecule has 0 aliphatic carbocycles. The summed E-state index contributed by atoms with van der Waals surface area (Å²) in [4.78, 5) is 21.9. The van der Waals surface area contributed by atoms with Crippen LogP contribution in [0.2, 0.25) is 0 Å². The minimum Gasteiger partial charge on any atom is -0.378 e. The van der Waals surface area contributed by atoms with Gasteiger partial charge in [-0.3, -0.25) is 14.7 Å². The molecule has 2 aliphatic heterocycles. The van der Waals surface area contributed by atoms with Gasteiger partial charge in [0.1, 0.15) is 0 Å². The van der Waals surface area contributed by atoms with Gasteiger partial charge >= 0.3 is 0 Å². The molecule has 138 valence electrons. The lowest BCUT2D eigenvalue weighted by atomic mass is 9.95. The van der Waals surface area contributed by atoms with Gasteiger partial charge in [0.2, 0.25) is 5.91 Å². The van der Waals surface area contributed by atoms with E-state index in [2.05, 4.69) is 41.1 Å². The van der Waals surface area contributed by atoms with Gasteiger partial charge in [0.15, 0.2) is 0 Å². The van der Waals surface area contributed by atoms with Gasteiger partial charge in [-0.05, 0) is 44.0 Å². The van der Waals surface area contributed by atoms with Crippen LogP contribution in [0.25, 0.3) is 10.9 Å². The number of fused-ring (bicyclic) bond motifs is 1. The zero-order chi connectivity index (χ0) is 17.9. The van der Waals surface area contributed by atoms with Gasteiger partial charge in [0.25, 0.3) is 0 Å². The highest BCUT2D eigenvalue weighted by atomic mass is 16.5. The number of hydrogen-bond donors (Lipinski definition) is 0. The van der Waals surface area contributed by atoms with Gasteiger partial charge in [0.05, 0.1) is 24.6 Å². The maximum absolute atomic E-state index is 12.9. The van der Waals surface area contributed by atoms with Crippen molar-refractivity contribution >= 4 is 16.8 Å². The van der Waals surface area contributed by atoms with Crippen LogP contribution in [0.4, 0.5) is 0 Å². The molecular weight excluding hydrogens is 326 g/mol. The number of aromatic nitrogens is 1. The van der Waals surface area contributed by atoms with Gasteiger partial charge in [-0.25, -0.2) is 0 Å². The van der Waals surface area contributed by atoms with Gasteiger partial charge in [0, 0.05) is 37.3 Å². The van der Waals surface area contributed by atoms with Crippen molar-refractivity contribution in [1.29, 1.82) is 0 Å². The SMILES string of the molecule is Cc1cc(CN2CCCC(C(=O)N3CCOCC3)C2)c2ccccc2n1. The second-order valence-corrected chi connectivity index (χ2v) is 7.45. The molecule has 1 atom stereocenters. The van der Waals surface area contributed by atoms with Gasteiger partial charge in [-0.15, -0.1) is 0 Å². The van der Waals surface area contributed by atoms with Crippen LogP contribution >= 0.6 is 0 Å². The number of para-hydroxylation sites is 1. The summed E-state index contributed by atoms with van der Waals surface area (Å²) < 4.78 is 5.38. The molecule has 0 radical (unpaired) electrons. The molecule has 1 aromatic carbocycles. The molecule has 0 bridgehead atoms. The van der Waals surface area contributed by atoms with E-state index in [-0.39, 0.29) is 5.92 Å². The molecule has 2 aliphatic rings. The van der Waals surface area contributed by atoms with E-state index in [1.807, 2.05) is 11.0 Å². The van der Waals surface area contributed by atoms with Gasteiger partial charge in [-0.2, -0.15) is 0 Å². The number of pyridine rings is 1. The van der Waals surface area contributed by atoms with Crippen LogP contribution in [0.15, 0.2) is 30.3 Å². The topological polar surface area (TPSA) is 45.7 Å². The number of ether oxygens (including phenoxy) is 1. The van der Waals surface area contributed by atoms with Crippen LogP contribution in [0, 0.1) is 12.8 Å². The Balaban J connectivity index is 1.48. The molecule has 2 saturated heterocycles. The van der Waals surface area contributed by atoms with Crippen molar-refractivity contribution < 1.29 is 9.53 Å². The Kier molecular flexibility index (Phi) is 5.18. The van der Waals surface area contributed by atoms with Crippen LogP contribution in [0.1, 0.15) is 24.1 Å². The highest BCUT2D eigenvalue weighted by Crippen LogP contribution is 2.24. The van der Waals surface area contributed by atoms with Gasteiger partial charge < -0.3 is 9.64 Å². The lowest BCUT2D eigenvalue weighted by Crippen LogP contribution is -2.48. The molecule has 1 aromatic heterocycles. The van der Waals surface area contributed by atoms with Crippen molar-refractivity contribution in [3.8, 4) is 0 Å². The number of rotatable bonds is 3. The highest BCUT2D eigenvalue weighted by molar-refractivity contribution is 5.82. The zero-order valence-corrected chi connectivity index (χ0v) is 15.5. The fourth-order valence-electron chi connectivity index (χ4n) is 4.21. The quantitative estimate of drug-likeness (QED) is 0.851. The third-order valence-corrected chi connectivity index (χ3v) is 5.50. The van der Waals surface area contributed by atoms with E-state index in [4.69, 9.17) is 4.74 Å². The summed E-state index contributed by atoms with van der Waals surface area (Å²) >= 11 is 0. The lowest BCUT2D eigenvalue weighted by Gasteiger charge is -2.36. The van der Waals surface area contributed by atoms with Crippen LogP contribution in [-0.2, 0) is 16.1 Å². The Morgan fingerprint density at radius 1 is 1.23 bits per heavy atom. The molecule has 0 saturated carbocycles. The first-order valence-corrected chi connectivity index (χ1v) is 9.65. The van der Waals surface area contributed by atoms with E-state index >= 15 is 0 Å². The van der Waals surface area contributed by atoms with E-state index in [1.165, 1.54) is 10.9 Å². The van der Waals surface area contributed by atoms with E-state index in [1.54, 1.807) is 0 Å². The molecule has 4 rings (SSSR count). The summed E-state index contributed by atoms with van der Waals surface area (Å²) in [6.07, 6.45) is 2.09. The minimum absolute atomic E-state index is 0.121. The number of likely N-dealkylation sites (tertiary alicyclic amines) is 1. The molecular formula is C21H27N3O2. The maximum Gasteiger partial charge on any atom is 0.227 e. The van der Waals surface area contributed by atoms with Crippen LogP contribution < -0.4 is 0 Å². The Hall–Kier alpha value is -1.98. The Labute approximate surface area is 154 Å². The number of morpholine rings is 1. The largest absolute Gasteiger partial charge is 0.378 e. The normalized spacial score (nSPS) is 21.9. The molecule has 0 spiro atoms. The first-order valence-electron chi connectivity index (χ1n) is 9.65. The van der Waals surface area contributed by atoms with Crippen molar-refractivity contribution in [2.45, 2.75) is 26.3 Å². The van der Waals surface area contributed by atoms with Gasteiger partial charge in [-0.1, -0.05) is 18.2 Å².